The van der Waals surface area contributed by atoms with Gasteiger partial charge in [0.15, 0.2) is 17.1 Å². The number of aromatic hydroxyl groups is 1. The van der Waals surface area contributed by atoms with E-state index in [9.17, 15) is 19.8 Å². The van der Waals surface area contributed by atoms with Gasteiger partial charge in [-0.2, -0.15) is 0 Å². The first-order chi connectivity index (χ1) is 25.8. The number of phenols is 1. The number of aliphatic imine (C=N–C) groups is 1. The molecule has 0 bridgehead atoms. The second kappa shape index (κ2) is 12.1. The second-order valence-electron chi connectivity index (χ2n) is 15.4. The fraction of sp³-hybridized carbons (Fsp3) is 0.375. The van der Waals surface area contributed by atoms with Gasteiger partial charge in [-0.1, -0.05) is 0 Å². The number of hydrogen-bond acceptors (Lipinski definition) is 14. The summed E-state index contributed by atoms with van der Waals surface area (Å²) in [6, 6.07) is 10.3. The van der Waals surface area contributed by atoms with Crippen LogP contribution in [0.2, 0.25) is 0 Å². The smallest absolute Gasteiger partial charge is 0.341 e. The summed E-state index contributed by atoms with van der Waals surface area (Å²) in [5, 5.41) is 23.1. The third-order valence-corrected chi connectivity index (χ3v) is 11.1. The Bertz CT molecular complexity index is 2420. The maximum absolute atomic E-state index is 14.0. The highest BCUT2D eigenvalue weighted by atomic mass is 16.7. The van der Waals surface area contributed by atoms with Crippen LogP contribution in [-0.2, 0) is 27.2 Å². The molecule has 1 aromatic carbocycles. The van der Waals surface area contributed by atoms with E-state index in [1.165, 1.54) is 11.6 Å². The third kappa shape index (κ3) is 5.67. The van der Waals surface area contributed by atoms with Crippen LogP contribution in [0.3, 0.4) is 0 Å². The molecule has 5 aliphatic heterocycles. The molecule has 14 heteroatoms. The quantitative estimate of drug-likeness (QED) is 0.162. The van der Waals surface area contributed by atoms with Gasteiger partial charge in [-0.3, -0.25) is 9.79 Å². The maximum Gasteiger partial charge on any atom is 0.341 e. The van der Waals surface area contributed by atoms with E-state index in [2.05, 4.69) is 19.9 Å². The van der Waals surface area contributed by atoms with Gasteiger partial charge in [0.05, 0.1) is 41.8 Å². The molecule has 5 aliphatic rings. The van der Waals surface area contributed by atoms with Crippen LogP contribution in [0, 0.1) is 6.92 Å². The summed E-state index contributed by atoms with van der Waals surface area (Å²) in [6.07, 6.45) is 4.72. The molecular weight excluding hydrogens is 692 g/mol. The molecule has 14 nitrogen and oxygen atoms in total. The van der Waals surface area contributed by atoms with Crippen LogP contribution in [0.1, 0.15) is 61.6 Å². The number of nitrogen functional groups attached to an aromatic ring is 2. The fourth-order valence-electron chi connectivity index (χ4n) is 8.54. The SMILES string of the molecule is Cc1cc(=O)c2c(O)c3c(cc2o1)OC(C)(C)C1OC(=O)C2(CCC(O)C31)OC2CCc1cc(N)nc(-c2cc(N)nc(CN3C=C4N=CC=C4C3)c2)c1. The van der Waals surface area contributed by atoms with E-state index in [1.54, 1.807) is 45.2 Å². The van der Waals surface area contributed by atoms with E-state index >= 15 is 0 Å². The average molecular weight is 733 g/mol. The molecule has 3 aromatic heterocycles. The number of benzene rings is 1. The Kier molecular flexibility index (Phi) is 7.66. The minimum Gasteiger partial charge on any atom is -0.507 e. The van der Waals surface area contributed by atoms with Crippen LogP contribution in [0.4, 0.5) is 11.6 Å². The number of nitrogens with zero attached hydrogens (tertiary/aromatic N) is 4. The van der Waals surface area contributed by atoms with Crippen molar-refractivity contribution >= 4 is 34.8 Å². The van der Waals surface area contributed by atoms with Gasteiger partial charge in [-0.25, -0.2) is 14.8 Å². The predicted molar refractivity (Wildman–Crippen MR) is 199 cm³/mol. The number of aryl methyl sites for hydroxylation is 2. The summed E-state index contributed by atoms with van der Waals surface area (Å²) in [6.45, 7) is 6.47. The molecule has 6 N–H and O–H groups in total. The molecule has 5 unspecified atom stereocenters. The number of allylic oxidation sites excluding steroid dienone is 1. The van der Waals surface area contributed by atoms with Gasteiger partial charge in [0, 0.05) is 47.8 Å². The van der Waals surface area contributed by atoms with Crippen LogP contribution < -0.4 is 21.6 Å². The van der Waals surface area contributed by atoms with Crippen LogP contribution in [-0.4, -0.2) is 73.3 Å². The monoisotopic (exact) mass is 732 g/mol. The highest BCUT2D eigenvalue weighted by molar-refractivity contribution is 5.88. The molecule has 9 rings (SSSR count). The molecule has 2 fully saturated rings. The van der Waals surface area contributed by atoms with E-state index in [-0.39, 0.29) is 40.9 Å². The first-order valence-corrected chi connectivity index (χ1v) is 18.1. The second-order valence-corrected chi connectivity index (χ2v) is 15.4. The maximum atomic E-state index is 14.0. The predicted octanol–water partition coefficient (Wildman–Crippen LogP) is 4.19. The van der Waals surface area contributed by atoms with Crippen molar-refractivity contribution in [3.63, 3.8) is 0 Å². The first kappa shape index (κ1) is 34.1. The van der Waals surface area contributed by atoms with Crippen molar-refractivity contribution in [2.45, 2.75) is 88.4 Å². The molecule has 54 heavy (non-hydrogen) atoms. The highest BCUT2D eigenvalue weighted by Crippen LogP contribution is 2.54. The molecule has 0 radical (unpaired) electrons. The molecular formula is C40H40N6O8. The van der Waals surface area contributed by atoms with Crippen molar-refractivity contribution in [3.8, 4) is 22.8 Å². The summed E-state index contributed by atoms with van der Waals surface area (Å²) in [5.41, 5.74) is 15.4. The molecule has 2 saturated heterocycles. The van der Waals surface area contributed by atoms with Crippen LogP contribution in [0.25, 0.3) is 22.2 Å². The molecule has 4 aromatic rings. The number of fused-ring (bicyclic) bond motifs is 5. The highest BCUT2D eigenvalue weighted by Gasteiger charge is 2.66. The van der Waals surface area contributed by atoms with Crippen molar-refractivity contribution in [2.75, 3.05) is 18.0 Å². The van der Waals surface area contributed by atoms with Crippen molar-refractivity contribution in [1.29, 1.82) is 0 Å². The minimum atomic E-state index is -1.24. The number of ether oxygens (including phenoxy) is 3. The summed E-state index contributed by atoms with van der Waals surface area (Å²) in [7, 11) is 0. The standard InChI is InChI=1S/C40H40N6O8/c1-19-10-27(48)33-28(51-19)15-29-35(36(33)49)34-26(47)6-8-40(38(50)52-37(34)39(2,3)53-29)30(54-40)5-4-20-11-24(45-31(41)12-20)22-13-23(44-32(42)14-22)17-46-16-21-7-9-43-25(21)18-46/h7,9-15,18,26,30,34,37,47,49H,4-6,8,16-17H2,1-3H3,(H2,41,45)(H2,42,44). The number of hydrogen-bond donors (Lipinski definition) is 4. The Morgan fingerprint density at radius 1 is 1.06 bits per heavy atom. The van der Waals surface area contributed by atoms with Gasteiger partial charge < -0.3 is 45.2 Å². The van der Waals surface area contributed by atoms with Gasteiger partial charge >= 0.3 is 5.97 Å². The van der Waals surface area contributed by atoms with Gasteiger partial charge in [-0.05, 0) is 82.4 Å². The first-order valence-electron chi connectivity index (χ1n) is 18.1. The number of aliphatic hydroxyl groups excluding tert-OH is 1. The Morgan fingerprint density at radius 2 is 1.87 bits per heavy atom. The van der Waals surface area contributed by atoms with Crippen molar-refractivity contribution in [3.05, 3.63) is 92.7 Å². The number of carbonyl (C=O) groups is 1. The lowest BCUT2D eigenvalue weighted by atomic mass is 9.74. The van der Waals surface area contributed by atoms with E-state index in [1.807, 2.05) is 24.4 Å². The van der Waals surface area contributed by atoms with E-state index < -0.39 is 46.8 Å². The zero-order chi connectivity index (χ0) is 37.7. The zero-order valence-electron chi connectivity index (χ0n) is 30.0. The van der Waals surface area contributed by atoms with E-state index in [0.29, 0.717) is 42.5 Å². The number of pyridine rings is 2. The average Bonchev–Trinajstić information content (AvgIpc) is 3.43. The number of epoxide rings is 1. The molecule has 0 aliphatic carbocycles. The van der Waals surface area contributed by atoms with Crippen molar-refractivity contribution < 1.29 is 33.6 Å². The van der Waals surface area contributed by atoms with Crippen molar-refractivity contribution in [1.82, 2.24) is 14.9 Å². The largest absolute Gasteiger partial charge is 0.507 e. The number of aromatic nitrogens is 2. The van der Waals surface area contributed by atoms with E-state index in [0.717, 1.165) is 29.1 Å². The van der Waals surface area contributed by atoms with Gasteiger partial charge in [0.25, 0.3) is 0 Å². The zero-order valence-corrected chi connectivity index (χ0v) is 30.0. The molecule has 8 heterocycles. The Hall–Kier alpha value is -5.73. The minimum absolute atomic E-state index is 0.0210. The number of anilines is 2. The van der Waals surface area contributed by atoms with Crippen LogP contribution >= 0.6 is 0 Å². The van der Waals surface area contributed by atoms with Crippen LogP contribution in [0.15, 0.2) is 74.1 Å². The summed E-state index contributed by atoms with van der Waals surface area (Å²) in [5.74, 6) is -0.423. The van der Waals surface area contributed by atoms with Gasteiger partial charge in [0.1, 0.15) is 45.5 Å². The summed E-state index contributed by atoms with van der Waals surface area (Å²) < 4.78 is 24.3. The Morgan fingerprint density at radius 3 is 2.69 bits per heavy atom. The lowest BCUT2D eigenvalue weighted by molar-refractivity contribution is -0.179. The third-order valence-electron chi connectivity index (χ3n) is 11.1. The molecule has 0 saturated carbocycles. The molecule has 1 spiro atoms. The number of phenolic OH excluding ortho intramolecular Hbond substituents is 1. The lowest BCUT2D eigenvalue weighted by Crippen LogP contribution is -2.56. The van der Waals surface area contributed by atoms with Crippen LogP contribution in [0.5, 0.6) is 11.5 Å². The van der Waals surface area contributed by atoms with E-state index in [4.69, 9.17) is 30.1 Å². The topological polar surface area (TPSA) is 212 Å². The Labute approximate surface area is 309 Å². The molecule has 278 valence electrons. The number of nitrogens with two attached hydrogens (primary N) is 2. The lowest BCUT2D eigenvalue weighted by Gasteiger charge is -2.47. The van der Waals surface area contributed by atoms with Gasteiger partial charge in [-0.15, -0.1) is 0 Å². The van der Waals surface area contributed by atoms with Gasteiger partial charge in [0.2, 0.25) is 0 Å². The number of carbonyl (C=O) groups excluding carboxylic acids is 1. The van der Waals surface area contributed by atoms with Crippen molar-refractivity contribution in [2.24, 2.45) is 4.99 Å². The number of aliphatic hydroxyl groups is 1. The normalized spacial score (nSPS) is 26.3. The summed E-state index contributed by atoms with van der Waals surface area (Å²) in [4.78, 5) is 42.6. The molecule has 5 atom stereocenters. The molecule has 0 amide bonds. The Balaban J connectivity index is 0.925. The number of esters is 1. The number of rotatable bonds is 6. The summed E-state index contributed by atoms with van der Waals surface area (Å²) >= 11 is 0. The fourth-order valence-corrected chi connectivity index (χ4v) is 8.54.